The molecule has 2 aliphatic rings. The highest BCUT2D eigenvalue weighted by Gasteiger charge is 2.30. The van der Waals surface area contributed by atoms with E-state index in [-0.39, 0.29) is 24.3 Å². The second-order valence-corrected chi connectivity index (χ2v) is 4.81. The minimum atomic E-state index is 0.0468. The van der Waals surface area contributed by atoms with E-state index in [1.54, 1.807) is 0 Å². The van der Waals surface area contributed by atoms with Gasteiger partial charge >= 0.3 is 0 Å². The Morgan fingerprint density at radius 1 is 1.18 bits per heavy atom. The second-order valence-electron chi connectivity index (χ2n) is 4.81. The van der Waals surface area contributed by atoms with E-state index in [1.807, 2.05) is 4.90 Å². The molecule has 1 heterocycles. The van der Waals surface area contributed by atoms with Crippen LogP contribution in [-0.2, 0) is 9.59 Å². The van der Waals surface area contributed by atoms with E-state index in [9.17, 15) is 9.59 Å². The zero-order chi connectivity index (χ0) is 12.3. The lowest BCUT2D eigenvalue weighted by molar-refractivity contribution is -0.134. The lowest BCUT2D eigenvalue weighted by Gasteiger charge is -2.34. The molecule has 1 saturated carbocycles. The third-order valence-electron chi connectivity index (χ3n) is 3.53. The number of hydrogen-bond donors (Lipinski definition) is 1. The van der Waals surface area contributed by atoms with E-state index >= 15 is 0 Å². The lowest BCUT2D eigenvalue weighted by atomic mass is 10.3. The molecule has 0 unspecified atom stereocenters. The number of amides is 2. The maximum atomic E-state index is 11.8. The molecular formula is C12H21N3O2. The highest BCUT2D eigenvalue weighted by molar-refractivity contribution is 5.86. The van der Waals surface area contributed by atoms with Gasteiger partial charge in [0.2, 0.25) is 11.8 Å². The molecule has 0 bridgehead atoms. The molecule has 0 spiro atoms. The third kappa shape index (κ3) is 3.43. The van der Waals surface area contributed by atoms with E-state index in [0.717, 1.165) is 45.6 Å². The van der Waals surface area contributed by atoms with Crippen LogP contribution < -0.4 is 5.32 Å². The Hall–Kier alpha value is -1.10. The molecule has 1 aliphatic heterocycles. The number of rotatable bonds is 4. The van der Waals surface area contributed by atoms with Gasteiger partial charge in [-0.25, -0.2) is 0 Å². The lowest BCUT2D eigenvalue weighted by Crippen LogP contribution is -2.51. The summed E-state index contributed by atoms with van der Waals surface area (Å²) in [6.45, 7) is 6.80. The maximum Gasteiger partial charge on any atom is 0.242 e. The van der Waals surface area contributed by atoms with Crippen molar-refractivity contribution in [2.24, 2.45) is 5.92 Å². The largest absolute Gasteiger partial charge is 0.347 e. The first-order valence-electron chi connectivity index (χ1n) is 6.48. The Balaban J connectivity index is 1.67. The fourth-order valence-electron chi connectivity index (χ4n) is 2.08. The predicted octanol–water partition coefficient (Wildman–Crippen LogP) is -0.323. The number of nitrogens with one attached hydrogen (secondary N) is 1. The summed E-state index contributed by atoms with van der Waals surface area (Å²) in [5.74, 6) is 0.278. The van der Waals surface area contributed by atoms with Crippen molar-refractivity contribution in [2.75, 3.05) is 39.3 Å². The number of likely N-dealkylation sites (N-methyl/N-ethyl adjacent to an activating group) is 1. The van der Waals surface area contributed by atoms with Crippen LogP contribution in [0.15, 0.2) is 0 Å². The number of carbonyl (C=O) groups is 2. The molecule has 2 fully saturated rings. The quantitative estimate of drug-likeness (QED) is 0.731. The molecule has 0 radical (unpaired) electrons. The number of hydrogen-bond acceptors (Lipinski definition) is 3. The highest BCUT2D eigenvalue weighted by atomic mass is 16.2. The summed E-state index contributed by atoms with van der Waals surface area (Å²) in [5.41, 5.74) is 0. The predicted molar refractivity (Wildman–Crippen MR) is 64.4 cm³/mol. The first kappa shape index (κ1) is 12.4. The fourth-order valence-corrected chi connectivity index (χ4v) is 2.08. The molecule has 2 rings (SSSR count). The molecule has 1 aliphatic carbocycles. The van der Waals surface area contributed by atoms with Gasteiger partial charge in [0.25, 0.3) is 0 Å². The monoisotopic (exact) mass is 239 g/mol. The summed E-state index contributed by atoms with van der Waals surface area (Å²) >= 11 is 0. The van der Waals surface area contributed by atoms with Crippen molar-refractivity contribution in [3.05, 3.63) is 0 Å². The van der Waals surface area contributed by atoms with E-state index in [4.69, 9.17) is 0 Å². The van der Waals surface area contributed by atoms with Crippen molar-refractivity contribution < 1.29 is 9.59 Å². The van der Waals surface area contributed by atoms with E-state index in [1.165, 1.54) is 0 Å². The maximum absolute atomic E-state index is 11.8. The van der Waals surface area contributed by atoms with Gasteiger partial charge in [-0.15, -0.1) is 0 Å². The number of piperazine rings is 1. The molecule has 0 atom stereocenters. The molecule has 96 valence electrons. The van der Waals surface area contributed by atoms with Gasteiger partial charge in [-0.3, -0.25) is 9.59 Å². The van der Waals surface area contributed by atoms with E-state index in [2.05, 4.69) is 17.1 Å². The Morgan fingerprint density at radius 2 is 1.82 bits per heavy atom. The van der Waals surface area contributed by atoms with E-state index in [0.29, 0.717) is 0 Å². The molecule has 5 heteroatoms. The molecule has 0 aromatic rings. The van der Waals surface area contributed by atoms with Gasteiger partial charge in [0.05, 0.1) is 6.54 Å². The van der Waals surface area contributed by atoms with Crippen molar-refractivity contribution >= 4 is 11.8 Å². The Labute approximate surface area is 102 Å². The van der Waals surface area contributed by atoms with Crippen molar-refractivity contribution in [3.63, 3.8) is 0 Å². The summed E-state index contributed by atoms with van der Waals surface area (Å²) in [4.78, 5) is 27.4. The summed E-state index contributed by atoms with van der Waals surface area (Å²) in [6.07, 6.45) is 1.96. The van der Waals surface area contributed by atoms with Crippen molar-refractivity contribution in [1.82, 2.24) is 15.1 Å². The van der Waals surface area contributed by atoms with Gasteiger partial charge in [0, 0.05) is 32.1 Å². The average Bonchev–Trinajstić information content (AvgIpc) is 3.20. The van der Waals surface area contributed by atoms with Crippen LogP contribution in [0.1, 0.15) is 19.8 Å². The number of carbonyl (C=O) groups excluding carboxylic acids is 2. The SMILES string of the molecule is CCN1CCN(C(=O)CNC(=O)C2CC2)CC1. The normalized spacial score (nSPS) is 21.4. The summed E-state index contributed by atoms with van der Waals surface area (Å²) in [6, 6.07) is 0. The van der Waals surface area contributed by atoms with Crippen LogP contribution in [0.4, 0.5) is 0 Å². The molecule has 1 N–H and O–H groups in total. The van der Waals surface area contributed by atoms with Crippen LogP contribution in [0.25, 0.3) is 0 Å². The summed E-state index contributed by atoms with van der Waals surface area (Å²) in [7, 11) is 0. The molecule has 1 saturated heterocycles. The molecule has 0 aromatic carbocycles. The van der Waals surface area contributed by atoms with Gasteiger partial charge in [0.1, 0.15) is 0 Å². The highest BCUT2D eigenvalue weighted by Crippen LogP contribution is 2.28. The van der Waals surface area contributed by atoms with Crippen molar-refractivity contribution in [1.29, 1.82) is 0 Å². The first-order chi connectivity index (χ1) is 8.20. The zero-order valence-electron chi connectivity index (χ0n) is 10.4. The van der Waals surface area contributed by atoms with Crippen molar-refractivity contribution in [2.45, 2.75) is 19.8 Å². The molecule has 5 nitrogen and oxygen atoms in total. The van der Waals surface area contributed by atoms with Crippen LogP contribution in [0.2, 0.25) is 0 Å². The van der Waals surface area contributed by atoms with Gasteiger partial charge in [-0.05, 0) is 19.4 Å². The topological polar surface area (TPSA) is 52.6 Å². The van der Waals surface area contributed by atoms with Gasteiger partial charge in [0.15, 0.2) is 0 Å². The molecular weight excluding hydrogens is 218 g/mol. The van der Waals surface area contributed by atoms with Gasteiger partial charge in [-0.2, -0.15) is 0 Å². The van der Waals surface area contributed by atoms with Crippen LogP contribution in [-0.4, -0.2) is 60.9 Å². The zero-order valence-corrected chi connectivity index (χ0v) is 10.4. The summed E-state index contributed by atoms with van der Waals surface area (Å²) < 4.78 is 0. The van der Waals surface area contributed by atoms with Crippen LogP contribution >= 0.6 is 0 Å². The minimum absolute atomic E-state index is 0.0468. The Morgan fingerprint density at radius 3 is 2.35 bits per heavy atom. The second kappa shape index (κ2) is 5.49. The Kier molecular flexibility index (Phi) is 3.99. The molecule has 2 amide bonds. The molecule has 0 aromatic heterocycles. The fraction of sp³-hybridized carbons (Fsp3) is 0.833. The smallest absolute Gasteiger partial charge is 0.242 e. The third-order valence-corrected chi connectivity index (χ3v) is 3.53. The van der Waals surface area contributed by atoms with Crippen LogP contribution in [0, 0.1) is 5.92 Å². The minimum Gasteiger partial charge on any atom is -0.347 e. The van der Waals surface area contributed by atoms with Crippen molar-refractivity contribution in [3.8, 4) is 0 Å². The van der Waals surface area contributed by atoms with Gasteiger partial charge < -0.3 is 15.1 Å². The van der Waals surface area contributed by atoms with E-state index < -0.39 is 0 Å². The summed E-state index contributed by atoms with van der Waals surface area (Å²) in [5, 5.41) is 2.72. The molecule has 17 heavy (non-hydrogen) atoms. The standard InChI is InChI=1S/C12H21N3O2/c1-2-14-5-7-15(8-6-14)11(16)9-13-12(17)10-3-4-10/h10H,2-9H2,1H3,(H,13,17). The number of nitrogens with zero attached hydrogens (tertiary/aromatic N) is 2. The van der Waals surface area contributed by atoms with Crippen LogP contribution in [0.3, 0.4) is 0 Å². The average molecular weight is 239 g/mol. The van der Waals surface area contributed by atoms with Crippen LogP contribution in [0.5, 0.6) is 0 Å². The first-order valence-corrected chi connectivity index (χ1v) is 6.48. The Bertz CT molecular complexity index is 294. The van der Waals surface area contributed by atoms with Gasteiger partial charge in [-0.1, -0.05) is 6.92 Å².